The lowest BCUT2D eigenvalue weighted by molar-refractivity contribution is -0.117. The molecule has 28 heavy (non-hydrogen) atoms. The lowest BCUT2D eigenvalue weighted by Crippen LogP contribution is -2.41. The fourth-order valence-electron chi connectivity index (χ4n) is 2.34. The van der Waals surface area contributed by atoms with Crippen molar-refractivity contribution in [2.75, 3.05) is 10.6 Å². The van der Waals surface area contributed by atoms with E-state index in [-0.39, 0.29) is 17.7 Å². The number of rotatable bonds is 6. The van der Waals surface area contributed by atoms with Crippen molar-refractivity contribution in [2.24, 2.45) is 0 Å². The van der Waals surface area contributed by atoms with Gasteiger partial charge in [-0.15, -0.1) is 11.3 Å². The Hall–Kier alpha value is -3.52. The number of pyridine rings is 1. The minimum atomic E-state index is -0.705. The molecule has 1 atom stereocenters. The summed E-state index contributed by atoms with van der Waals surface area (Å²) in [5.41, 5.74) is 1.57. The molecule has 0 aliphatic rings. The van der Waals surface area contributed by atoms with Crippen LogP contribution in [-0.4, -0.2) is 28.7 Å². The van der Waals surface area contributed by atoms with E-state index in [1.165, 1.54) is 11.3 Å². The van der Waals surface area contributed by atoms with Gasteiger partial charge in [-0.05, 0) is 54.8 Å². The number of benzene rings is 1. The third-order valence-corrected chi connectivity index (χ3v) is 4.69. The number of amides is 3. The molecule has 3 rings (SSSR count). The number of hydrogen-bond acceptors (Lipinski definition) is 5. The van der Waals surface area contributed by atoms with E-state index < -0.39 is 6.04 Å². The molecule has 3 amide bonds. The van der Waals surface area contributed by atoms with E-state index in [2.05, 4.69) is 20.9 Å². The largest absolute Gasteiger partial charge is 0.340 e. The molecule has 2 heterocycles. The highest BCUT2D eigenvalue weighted by atomic mass is 32.1. The number of nitrogens with one attached hydrogen (secondary N) is 3. The van der Waals surface area contributed by atoms with Gasteiger partial charge in [-0.25, -0.2) is 0 Å². The van der Waals surface area contributed by atoms with Gasteiger partial charge in [-0.3, -0.25) is 19.4 Å². The molecular weight excluding hydrogens is 376 g/mol. The smallest absolute Gasteiger partial charge is 0.261 e. The average molecular weight is 394 g/mol. The number of aromatic nitrogens is 1. The topological polar surface area (TPSA) is 100 Å². The molecule has 2 aromatic heterocycles. The highest BCUT2D eigenvalue weighted by Crippen LogP contribution is 2.13. The SMILES string of the molecule is CC(NC(=O)c1cccs1)C(=O)Nc1ccc(C(=O)Nc2cccnc2)cc1. The Morgan fingerprint density at radius 2 is 1.71 bits per heavy atom. The Morgan fingerprint density at radius 1 is 0.929 bits per heavy atom. The summed E-state index contributed by atoms with van der Waals surface area (Å²) in [5.74, 6) is -0.917. The second kappa shape index (κ2) is 8.92. The maximum absolute atomic E-state index is 12.3. The van der Waals surface area contributed by atoms with Crippen molar-refractivity contribution in [2.45, 2.75) is 13.0 Å². The van der Waals surface area contributed by atoms with Gasteiger partial charge in [-0.2, -0.15) is 0 Å². The number of carbonyl (C=O) groups excluding carboxylic acids is 3. The Bertz CT molecular complexity index is 957. The lowest BCUT2D eigenvalue weighted by Gasteiger charge is -2.14. The van der Waals surface area contributed by atoms with Crippen LogP contribution in [0.25, 0.3) is 0 Å². The molecule has 0 radical (unpaired) electrons. The first kappa shape index (κ1) is 19.2. The zero-order valence-corrected chi connectivity index (χ0v) is 15.8. The van der Waals surface area contributed by atoms with E-state index in [1.54, 1.807) is 73.2 Å². The molecule has 3 aromatic rings. The van der Waals surface area contributed by atoms with Gasteiger partial charge >= 0.3 is 0 Å². The van der Waals surface area contributed by atoms with Gasteiger partial charge in [0.1, 0.15) is 6.04 Å². The molecule has 1 aromatic carbocycles. The van der Waals surface area contributed by atoms with Gasteiger partial charge < -0.3 is 16.0 Å². The summed E-state index contributed by atoms with van der Waals surface area (Å²) < 4.78 is 0. The third-order valence-electron chi connectivity index (χ3n) is 3.82. The number of nitrogens with zero attached hydrogens (tertiary/aromatic N) is 1. The second-order valence-electron chi connectivity index (χ2n) is 5.93. The molecule has 8 heteroatoms. The van der Waals surface area contributed by atoms with E-state index in [0.717, 1.165) is 0 Å². The first-order valence-electron chi connectivity index (χ1n) is 8.49. The first-order valence-corrected chi connectivity index (χ1v) is 9.37. The zero-order valence-electron chi connectivity index (χ0n) is 15.0. The second-order valence-corrected chi connectivity index (χ2v) is 6.88. The summed E-state index contributed by atoms with van der Waals surface area (Å²) in [5, 5.41) is 9.90. The number of carbonyl (C=O) groups is 3. The van der Waals surface area contributed by atoms with E-state index >= 15 is 0 Å². The summed E-state index contributed by atoms with van der Waals surface area (Å²) in [4.78, 5) is 41.0. The van der Waals surface area contributed by atoms with Crippen LogP contribution in [0.5, 0.6) is 0 Å². The summed E-state index contributed by atoms with van der Waals surface area (Å²) in [6, 6.07) is 12.7. The molecule has 0 spiro atoms. The molecule has 142 valence electrons. The standard InChI is InChI=1S/C20H18N4O3S/c1-13(22-20(27)17-5-3-11-28-17)18(25)23-15-8-6-14(7-9-15)19(26)24-16-4-2-10-21-12-16/h2-13H,1H3,(H,22,27)(H,23,25)(H,24,26). The normalized spacial score (nSPS) is 11.3. The molecule has 0 bridgehead atoms. The van der Waals surface area contributed by atoms with Gasteiger partial charge in [0.05, 0.1) is 16.8 Å². The highest BCUT2D eigenvalue weighted by Gasteiger charge is 2.17. The molecule has 0 fully saturated rings. The molecule has 7 nitrogen and oxygen atoms in total. The molecule has 0 aliphatic carbocycles. The van der Waals surface area contributed by atoms with Crippen molar-refractivity contribution in [1.82, 2.24) is 10.3 Å². The minimum absolute atomic E-state index is 0.276. The number of thiophene rings is 1. The molecule has 0 saturated heterocycles. The van der Waals surface area contributed by atoms with Crippen LogP contribution in [0.1, 0.15) is 27.0 Å². The van der Waals surface area contributed by atoms with Gasteiger partial charge in [0.15, 0.2) is 0 Å². The number of anilines is 2. The van der Waals surface area contributed by atoms with E-state index in [9.17, 15) is 14.4 Å². The van der Waals surface area contributed by atoms with E-state index in [1.807, 2.05) is 0 Å². The van der Waals surface area contributed by atoms with Crippen molar-refractivity contribution in [3.05, 3.63) is 76.7 Å². The third kappa shape index (κ3) is 5.01. The predicted octanol–water partition coefficient (Wildman–Crippen LogP) is 3.15. The maximum Gasteiger partial charge on any atom is 0.261 e. The van der Waals surface area contributed by atoms with Crippen LogP contribution in [0.3, 0.4) is 0 Å². The monoisotopic (exact) mass is 394 g/mol. The number of hydrogen-bond donors (Lipinski definition) is 3. The molecule has 0 aliphatic heterocycles. The molecular formula is C20H18N4O3S. The van der Waals surface area contributed by atoms with Crippen molar-refractivity contribution >= 4 is 40.4 Å². The van der Waals surface area contributed by atoms with Crippen molar-refractivity contribution in [1.29, 1.82) is 0 Å². The Kier molecular flexibility index (Phi) is 6.13. The van der Waals surface area contributed by atoms with Gasteiger partial charge in [0.25, 0.3) is 11.8 Å². The van der Waals surface area contributed by atoms with Crippen LogP contribution in [0, 0.1) is 0 Å². The quantitative estimate of drug-likeness (QED) is 0.598. The van der Waals surface area contributed by atoms with Crippen LogP contribution in [-0.2, 0) is 4.79 Å². The Labute approximate surface area is 165 Å². The van der Waals surface area contributed by atoms with E-state index in [4.69, 9.17) is 0 Å². The summed E-state index contributed by atoms with van der Waals surface area (Å²) in [6.45, 7) is 1.61. The summed E-state index contributed by atoms with van der Waals surface area (Å²) >= 11 is 1.31. The van der Waals surface area contributed by atoms with E-state index in [0.29, 0.717) is 21.8 Å². The summed E-state index contributed by atoms with van der Waals surface area (Å²) in [6.07, 6.45) is 3.18. The summed E-state index contributed by atoms with van der Waals surface area (Å²) in [7, 11) is 0. The van der Waals surface area contributed by atoms with Crippen molar-refractivity contribution in [3.63, 3.8) is 0 Å². The maximum atomic E-state index is 12.3. The predicted molar refractivity (Wildman–Crippen MR) is 109 cm³/mol. The van der Waals surface area contributed by atoms with Crippen LogP contribution < -0.4 is 16.0 Å². The lowest BCUT2D eigenvalue weighted by atomic mass is 10.2. The van der Waals surface area contributed by atoms with Crippen LogP contribution >= 0.6 is 11.3 Å². The zero-order chi connectivity index (χ0) is 19.9. The first-order chi connectivity index (χ1) is 13.5. The minimum Gasteiger partial charge on any atom is -0.340 e. The van der Waals surface area contributed by atoms with Crippen LogP contribution in [0.4, 0.5) is 11.4 Å². The van der Waals surface area contributed by atoms with Gasteiger partial charge in [0.2, 0.25) is 5.91 Å². The molecule has 3 N–H and O–H groups in total. The van der Waals surface area contributed by atoms with Gasteiger partial charge in [0, 0.05) is 17.4 Å². The Balaban J connectivity index is 1.55. The Morgan fingerprint density at radius 3 is 2.36 bits per heavy atom. The fraction of sp³-hybridized carbons (Fsp3) is 0.100. The molecule has 1 unspecified atom stereocenters. The van der Waals surface area contributed by atoms with Gasteiger partial charge in [-0.1, -0.05) is 6.07 Å². The average Bonchev–Trinajstić information content (AvgIpc) is 3.24. The van der Waals surface area contributed by atoms with Crippen molar-refractivity contribution in [3.8, 4) is 0 Å². The molecule has 0 saturated carbocycles. The fourth-order valence-corrected chi connectivity index (χ4v) is 2.96. The highest BCUT2D eigenvalue weighted by molar-refractivity contribution is 7.12. The van der Waals surface area contributed by atoms with Crippen LogP contribution in [0.15, 0.2) is 66.3 Å². The van der Waals surface area contributed by atoms with Crippen molar-refractivity contribution < 1.29 is 14.4 Å². The van der Waals surface area contributed by atoms with Crippen LogP contribution in [0.2, 0.25) is 0 Å².